The lowest BCUT2D eigenvalue weighted by Crippen LogP contribution is -2.40. The summed E-state index contributed by atoms with van der Waals surface area (Å²) in [4.78, 5) is 37.0. The van der Waals surface area contributed by atoms with E-state index >= 15 is 0 Å². The Balaban J connectivity index is 0.000000114. The van der Waals surface area contributed by atoms with Gasteiger partial charge >= 0.3 is 0 Å². The maximum atomic E-state index is 2.44. The average Bonchev–Trinajstić information content (AvgIpc) is 4.44. The largest absolute Gasteiger partial charge is 0.362 e. The highest BCUT2D eigenvalue weighted by Gasteiger charge is 2.31. The van der Waals surface area contributed by atoms with Gasteiger partial charge in [-0.3, -0.25) is 0 Å². The van der Waals surface area contributed by atoms with E-state index in [-0.39, 0.29) is 0 Å². The molecule has 0 N–H and O–H groups in total. The Hall–Kier alpha value is -8.92. The molecule has 404 valence electrons. The van der Waals surface area contributed by atoms with E-state index < -0.39 is 0 Å². The van der Waals surface area contributed by atoms with Crippen molar-refractivity contribution in [3.8, 4) is 0 Å². The summed E-state index contributed by atoms with van der Waals surface area (Å²) in [6.07, 6.45) is 17.1. The Labute approximate surface area is 463 Å². The average molecular weight is 1050 g/mol. The minimum absolute atomic E-state index is 0.860. The van der Waals surface area contributed by atoms with Crippen molar-refractivity contribution in [1.82, 2.24) is 34.3 Å². The first kappa shape index (κ1) is 51.2. The fourth-order valence-electron chi connectivity index (χ4n) is 11.2. The molecule has 0 amide bonds. The summed E-state index contributed by atoms with van der Waals surface area (Å²) in [5, 5.41) is 0. The smallest absolute Gasteiger partial charge is 0.0970 e. The summed E-state index contributed by atoms with van der Waals surface area (Å²) in [6.45, 7) is 11.3. The highest BCUT2D eigenvalue weighted by Crippen LogP contribution is 2.41. The maximum Gasteiger partial charge on any atom is 0.0970 e. The van der Waals surface area contributed by atoms with Gasteiger partial charge in [-0.2, -0.15) is 0 Å². The molecule has 0 bridgehead atoms. The number of para-hydroxylation sites is 10. The summed E-state index contributed by atoms with van der Waals surface area (Å²) in [5.74, 6) is 0. The van der Waals surface area contributed by atoms with E-state index in [0.29, 0.717) is 0 Å². The number of anilines is 10. The second-order valence-corrected chi connectivity index (χ2v) is 21.3. The van der Waals surface area contributed by atoms with Gasteiger partial charge < -0.3 is 78.4 Å². The topological polar surface area (TPSA) is 51.8 Å². The second-order valence-electron chi connectivity index (χ2n) is 21.3. The zero-order valence-corrected chi connectivity index (χ0v) is 46.3. The molecule has 0 atom stereocenters. The van der Waals surface area contributed by atoms with Crippen molar-refractivity contribution in [1.29, 1.82) is 0 Å². The quantitative estimate of drug-likeness (QED) is 0.131. The van der Waals surface area contributed by atoms with Crippen LogP contribution in [0.5, 0.6) is 0 Å². The predicted molar refractivity (Wildman–Crippen MR) is 324 cm³/mol. The van der Waals surface area contributed by atoms with Crippen molar-refractivity contribution < 1.29 is 0 Å². The minimum atomic E-state index is 0.860. The van der Waals surface area contributed by atoms with Crippen LogP contribution in [0.25, 0.3) is 0 Å². The molecule has 16 nitrogen and oxygen atoms in total. The van der Waals surface area contributed by atoms with Crippen LogP contribution >= 0.6 is 0 Å². The lowest BCUT2D eigenvalue weighted by atomic mass is 10.2. The number of benzene rings is 6. The third-order valence-corrected chi connectivity index (χ3v) is 15.0. The van der Waals surface area contributed by atoms with Crippen molar-refractivity contribution >= 4 is 56.9 Å². The summed E-state index contributed by atoms with van der Waals surface area (Å²) >= 11 is 0. The summed E-state index contributed by atoms with van der Waals surface area (Å²) < 4.78 is 0. The van der Waals surface area contributed by atoms with Gasteiger partial charge in [-0.15, -0.1) is 0 Å². The van der Waals surface area contributed by atoms with Gasteiger partial charge in [-0.25, -0.2) is 0 Å². The van der Waals surface area contributed by atoms with Crippen LogP contribution in [0.1, 0.15) is 0 Å². The molecule has 0 unspecified atom stereocenters. The number of fused-ring (bicyclic) bond motifs is 4. The van der Waals surface area contributed by atoms with Crippen molar-refractivity contribution in [3.05, 3.63) is 207 Å². The van der Waals surface area contributed by atoms with Gasteiger partial charge in [0.25, 0.3) is 0 Å². The van der Waals surface area contributed by atoms with Gasteiger partial charge in [-0.05, 0) is 72.8 Å². The van der Waals surface area contributed by atoms with Crippen molar-refractivity contribution in [2.45, 2.75) is 0 Å². The zero-order valence-electron chi connectivity index (χ0n) is 46.3. The van der Waals surface area contributed by atoms with E-state index in [0.717, 1.165) is 80.0 Å². The van der Waals surface area contributed by atoms with Gasteiger partial charge in [0, 0.05) is 103 Å². The summed E-state index contributed by atoms with van der Waals surface area (Å²) in [5.41, 5.74) is 13.0. The molecular weight excluding hydrogens is 969 g/mol. The maximum absolute atomic E-state index is 2.44. The standard InChI is InChI=1S/C23H22N4.C17H20N4.C13H18N4.C9H16N4/c1-3-9-20(10-4-1)25-16-15-24(17-25)18-26-19-27(21-11-5-2-6-12-21)23-14-8-7-13-22(23)26;1-18-11-20(16-9-5-3-7-14(16)18)13-21-12-19(2)15-8-4-6-10-17(15)21;1-14-7-8-16(9-14)11-17-10-15(2)12-5-3-4-6-13(12)17;1-10-3-5-12(7-10)9-13-6-4-11(2)8-13/h1-16H,17-19H2;3-10H,11-13H2,1-2H3;3-8H,9-11H2,1-2H3;3-6H,7-9H2,1-2H3. The molecule has 14 rings (SSSR count). The number of hydrogen-bond donors (Lipinski definition) is 0. The number of nitrogens with zero attached hydrogens (tertiary/aromatic N) is 16. The van der Waals surface area contributed by atoms with E-state index in [1.807, 2.05) is 0 Å². The first-order valence-electron chi connectivity index (χ1n) is 27.0. The molecule has 0 fully saturated rings. The van der Waals surface area contributed by atoms with Crippen LogP contribution in [-0.2, 0) is 0 Å². The molecule has 0 saturated heterocycles. The molecule has 6 aromatic carbocycles. The van der Waals surface area contributed by atoms with Crippen LogP contribution in [0, 0.1) is 0 Å². The van der Waals surface area contributed by atoms with Crippen LogP contribution < -0.4 is 44.1 Å². The fraction of sp³-hybridized carbons (Fsp3) is 0.290. The lowest BCUT2D eigenvalue weighted by molar-refractivity contribution is 0.179. The van der Waals surface area contributed by atoms with Crippen molar-refractivity contribution in [2.24, 2.45) is 0 Å². The molecule has 78 heavy (non-hydrogen) atoms. The third-order valence-electron chi connectivity index (χ3n) is 15.0. The minimum Gasteiger partial charge on any atom is -0.362 e. The highest BCUT2D eigenvalue weighted by atomic mass is 15.5. The monoisotopic (exact) mass is 1040 g/mol. The Bertz CT molecular complexity index is 2980. The van der Waals surface area contributed by atoms with E-state index in [1.54, 1.807) is 0 Å². The Morgan fingerprint density at radius 3 is 1.00 bits per heavy atom. The van der Waals surface area contributed by atoms with Crippen LogP contribution in [0.15, 0.2) is 207 Å². The molecule has 6 aromatic rings. The van der Waals surface area contributed by atoms with Gasteiger partial charge in [0.05, 0.1) is 126 Å². The van der Waals surface area contributed by atoms with Crippen molar-refractivity contribution in [2.75, 3.05) is 166 Å². The summed E-state index contributed by atoms with van der Waals surface area (Å²) in [6, 6.07) is 55.6. The lowest BCUT2D eigenvalue weighted by Gasteiger charge is -2.28. The summed E-state index contributed by atoms with van der Waals surface area (Å²) in [7, 11) is 12.7. The Kier molecular flexibility index (Phi) is 15.2. The second kappa shape index (κ2) is 23.1. The van der Waals surface area contributed by atoms with E-state index in [9.17, 15) is 0 Å². The van der Waals surface area contributed by atoms with Crippen LogP contribution in [-0.4, -0.2) is 157 Å². The Morgan fingerprint density at radius 1 is 0.256 bits per heavy atom. The molecule has 8 aliphatic heterocycles. The first-order valence-corrected chi connectivity index (χ1v) is 27.0. The molecule has 0 radical (unpaired) electrons. The number of hydrogen-bond acceptors (Lipinski definition) is 16. The molecule has 0 aliphatic carbocycles. The molecule has 0 spiro atoms. The van der Waals surface area contributed by atoms with E-state index in [2.05, 4.69) is 328 Å². The van der Waals surface area contributed by atoms with E-state index in [1.165, 1.54) is 56.9 Å². The SMILES string of the molecule is C1=CN(c2ccccc2)CN1CN1CN(c2ccccc2)c2ccccc21.CN1C=CN(CN2C=CN(C)C2)C1.CN1C=CN(CN2CN(C)c3ccccc32)C1.CN1CN(CN2CN(C)c3ccccc32)c2ccccc21. The number of rotatable bonds is 10. The van der Waals surface area contributed by atoms with E-state index in [4.69, 9.17) is 0 Å². The highest BCUT2D eigenvalue weighted by molar-refractivity contribution is 5.83. The first-order chi connectivity index (χ1) is 38.1. The van der Waals surface area contributed by atoms with Gasteiger partial charge in [0.2, 0.25) is 0 Å². The molecule has 16 heteroatoms. The van der Waals surface area contributed by atoms with Crippen LogP contribution in [0.2, 0.25) is 0 Å². The Morgan fingerprint density at radius 2 is 0.577 bits per heavy atom. The third kappa shape index (κ3) is 11.6. The fourth-order valence-corrected chi connectivity index (χ4v) is 11.2. The zero-order chi connectivity index (χ0) is 53.5. The molecule has 8 aliphatic rings. The molecule has 0 aromatic heterocycles. The van der Waals surface area contributed by atoms with Gasteiger partial charge in [0.1, 0.15) is 0 Å². The van der Waals surface area contributed by atoms with Crippen LogP contribution in [0.4, 0.5) is 56.9 Å². The molecule has 0 saturated carbocycles. The molecule has 8 heterocycles. The normalized spacial score (nSPS) is 17.3. The van der Waals surface area contributed by atoms with Gasteiger partial charge in [0.15, 0.2) is 0 Å². The molecular formula is C62H76N16. The predicted octanol–water partition coefficient (Wildman–Crippen LogP) is 9.41. The van der Waals surface area contributed by atoms with Crippen LogP contribution in [0.3, 0.4) is 0 Å². The van der Waals surface area contributed by atoms with Gasteiger partial charge in [-0.1, -0.05) is 84.9 Å². The van der Waals surface area contributed by atoms with Crippen molar-refractivity contribution in [3.63, 3.8) is 0 Å².